The van der Waals surface area contributed by atoms with E-state index in [1.54, 1.807) is 0 Å². The molecule has 2 aliphatic heterocycles. The normalized spacial score (nSPS) is 20.3. The first kappa shape index (κ1) is 16.4. The smallest absolute Gasteiger partial charge is 0.173 e. The second kappa shape index (κ2) is 7.10. The van der Waals surface area contributed by atoms with Crippen molar-refractivity contribution in [2.45, 2.75) is 12.2 Å². The summed E-state index contributed by atoms with van der Waals surface area (Å²) in [5.41, 5.74) is 0. The Morgan fingerprint density at radius 1 is 0.741 bits per heavy atom. The zero-order valence-corrected chi connectivity index (χ0v) is 14.8. The summed E-state index contributed by atoms with van der Waals surface area (Å²) < 4.78 is 28.9. The van der Waals surface area contributed by atoms with E-state index in [9.17, 15) is 0 Å². The molecule has 0 aliphatic carbocycles. The first-order valence-electron chi connectivity index (χ1n) is 9.14. The quantitative estimate of drug-likeness (QED) is 0.561. The van der Waals surface area contributed by atoms with Gasteiger partial charge in [0.1, 0.15) is 36.9 Å². The van der Waals surface area contributed by atoms with Crippen molar-refractivity contribution in [2.24, 2.45) is 0 Å². The Morgan fingerprint density at radius 2 is 1.48 bits per heavy atom. The van der Waals surface area contributed by atoms with E-state index >= 15 is 0 Å². The number of epoxide rings is 2. The fraction of sp³-hybridized carbons (Fsp3) is 0.273. The monoisotopic (exact) mass is 364 g/mol. The van der Waals surface area contributed by atoms with E-state index in [2.05, 4.69) is 0 Å². The first-order valence-corrected chi connectivity index (χ1v) is 9.14. The Labute approximate surface area is 157 Å². The molecule has 0 N–H and O–H groups in total. The second-order valence-electron chi connectivity index (χ2n) is 6.69. The summed E-state index contributed by atoms with van der Waals surface area (Å²) in [6.07, 6.45) is 0.339. The summed E-state index contributed by atoms with van der Waals surface area (Å²) in [5, 5.41) is 1.95. The van der Waals surface area contributed by atoms with Gasteiger partial charge in [0.2, 0.25) is 0 Å². The van der Waals surface area contributed by atoms with E-state index in [1.807, 2.05) is 60.7 Å². The van der Waals surface area contributed by atoms with Gasteiger partial charge in [0, 0.05) is 0 Å². The van der Waals surface area contributed by atoms with Crippen molar-refractivity contribution in [1.82, 2.24) is 0 Å². The van der Waals surface area contributed by atoms with Crippen molar-refractivity contribution >= 4 is 10.8 Å². The van der Waals surface area contributed by atoms with Crippen LogP contribution in [0, 0.1) is 0 Å². The van der Waals surface area contributed by atoms with Crippen molar-refractivity contribution in [3.8, 4) is 23.0 Å². The van der Waals surface area contributed by atoms with Crippen LogP contribution < -0.4 is 14.2 Å². The molecular formula is C22H20O5. The minimum Gasteiger partial charge on any atom is -0.490 e. The molecule has 3 aromatic carbocycles. The van der Waals surface area contributed by atoms with Crippen LogP contribution in [0.3, 0.4) is 0 Å². The molecule has 2 unspecified atom stereocenters. The molecule has 0 bridgehead atoms. The molecule has 0 spiro atoms. The molecule has 138 valence electrons. The zero-order chi connectivity index (χ0) is 18.1. The summed E-state index contributed by atoms with van der Waals surface area (Å²) in [4.78, 5) is 0. The average molecular weight is 364 g/mol. The summed E-state index contributed by atoms with van der Waals surface area (Å²) >= 11 is 0. The van der Waals surface area contributed by atoms with Crippen LogP contribution >= 0.6 is 0 Å². The summed E-state index contributed by atoms with van der Waals surface area (Å²) in [7, 11) is 0. The summed E-state index contributed by atoms with van der Waals surface area (Å²) in [5.74, 6) is 2.87. The Bertz CT molecular complexity index is 932. The molecule has 2 heterocycles. The lowest BCUT2D eigenvalue weighted by Gasteiger charge is -2.17. The lowest BCUT2D eigenvalue weighted by molar-refractivity contribution is 0.253. The van der Waals surface area contributed by atoms with Gasteiger partial charge < -0.3 is 23.7 Å². The standard InChI is InChI=1S/C22H20O5/c1-2-6-16(7-3-1)27-20-10-9-15-5-4-8-19(25-13-17-11-23-17)21(15)22(20)26-14-18-12-24-18/h1-10,17-18H,11-14H2. The van der Waals surface area contributed by atoms with E-state index in [0.717, 1.165) is 35.5 Å². The molecular weight excluding hydrogens is 344 g/mol. The highest BCUT2D eigenvalue weighted by molar-refractivity contribution is 5.96. The lowest BCUT2D eigenvalue weighted by Crippen LogP contribution is -2.07. The fourth-order valence-corrected chi connectivity index (χ4v) is 2.94. The first-order chi connectivity index (χ1) is 13.4. The Morgan fingerprint density at radius 3 is 2.22 bits per heavy atom. The number of hydrogen-bond donors (Lipinski definition) is 0. The highest BCUT2D eigenvalue weighted by Gasteiger charge is 2.26. The fourth-order valence-electron chi connectivity index (χ4n) is 2.94. The van der Waals surface area contributed by atoms with Gasteiger partial charge >= 0.3 is 0 Å². The second-order valence-corrected chi connectivity index (χ2v) is 6.69. The van der Waals surface area contributed by atoms with Crippen molar-refractivity contribution in [2.75, 3.05) is 26.4 Å². The van der Waals surface area contributed by atoms with Gasteiger partial charge in [-0.05, 0) is 29.7 Å². The molecule has 5 rings (SSSR count). The maximum atomic E-state index is 6.15. The van der Waals surface area contributed by atoms with Gasteiger partial charge in [-0.15, -0.1) is 0 Å². The minimum atomic E-state index is 0.151. The summed E-state index contributed by atoms with van der Waals surface area (Å²) in [6.45, 7) is 2.52. The van der Waals surface area contributed by atoms with Gasteiger partial charge in [0.05, 0.1) is 18.6 Å². The van der Waals surface area contributed by atoms with Crippen LogP contribution in [-0.4, -0.2) is 38.6 Å². The third-order valence-electron chi connectivity index (χ3n) is 4.54. The SMILES string of the molecule is c1ccc(Oc2ccc3cccc(OCC4CO4)c3c2OCC2CO2)cc1. The Hall–Kier alpha value is -2.76. The molecule has 2 aliphatic rings. The maximum Gasteiger partial charge on any atom is 0.173 e. The molecule has 0 amide bonds. The van der Waals surface area contributed by atoms with E-state index in [1.165, 1.54) is 0 Å². The lowest BCUT2D eigenvalue weighted by atomic mass is 10.1. The number of rotatable bonds is 8. The van der Waals surface area contributed by atoms with E-state index < -0.39 is 0 Å². The summed E-state index contributed by atoms with van der Waals surface area (Å²) in [6, 6.07) is 19.6. The van der Waals surface area contributed by atoms with Gasteiger partial charge in [-0.25, -0.2) is 0 Å². The van der Waals surface area contributed by atoms with E-state index in [4.69, 9.17) is 23.7 Å². The molecule has 2 fully saturated rings. The van der Waals surface area contributed by atoms with Gasteiger partial charge in [0.25, 0.3) is 0 Å². The van der Waals surface area contributed by atoms with Crippen molar-refractivity contribution in [3.05, 3.63) is 60.7 Å². The van der Waals surface area contributed by atoms with Gasteiger partial charge in [0.15, 0.2) is 11.5 Å². The average Bonchev–Trinajstić information content (AvgIpc) is 3.61. The van der Waals surface area contributed by atoms with Crippen LogP contribution in [-0.2, 0) is 9.47 Å². The molecule has 5 nitrogen and oxygen atoms in total. The topological polar surface area (TPSA) is 52.8 Å². The van der Waals surface area contributed by atoms with Gasteiger partial charge in [-0.3, -0.25) is 0 Å². The largest absolute Gasteiger partial charge is 0.490 e. The zero-order valence-electron chi connectivity index (χ0n) is 14.8. The maximum absolute atomic E-state index is 6.15. The Kier molecular flexibility index (Phi) is 4.32. The molecule has 0 aromatic heterocycles. The van der Waals surface area contributed by atoms with E-state index in [0.29, 0.717) is 24.7 Å². The molecule has 0 radical (unpaired) electrons. The molecule has 2 atom stereocenters. The number of para-hydroxylation sites is 1. The number of fused-ring (bicyclic) bond motifs is 1. The molecule has 0 saturated carbocycles. The van der Waals surface area contributed by atoms with Gasteiger partial charge in [-0.2, -0.15) is 0 Å². The van der Waals surface area contributed by atoms with Gasteiger partial charge in [-0.1, -0.05) is 36.4 Å². The highest BCUT2D eigenvalue weighted by Crippen LogP contribution is 2.43. The number of ether oxygens (including phenoxy) is 5. The predicted molar refractivity (Wildman–Crippen MR) is 101 cm³/mol. The molecule has 5 heteroatoms. The minimum absolute atomic E-state index is 0.151. The molecule has 3 aromatic rings. The van der Waals surface area contributed by atoms with Crippen LogP contribution in [0.2, 0.25) is 0 Å². The third kappa shape index (κ3) is 3.84. The van der Waals surface area contributed by atoms with Crippen molar-refractivity contribution < 1.29 is 23.7 Å². The van der Waals surface area contributed by atoms with Crippen LogP contribution in [0.4, 0.5) is 0 Å². The molecule has 2 saturated heterocycles. The van der Waals surface area contributed by atoms with Crippen molar-refractivity contribution in [1.29, 1.82) is 0 Å². The third-order valence-corrected chi connectivity index (χ3v) is 4.54. The highest BCUT2D eigenvalue weighted by atomic mass is 16.6. The van der Waals surface area contributed by atoms with E-state index in [-0.39, 0.29) is 12.2 Å². The predicted octanol–water partition coefficient (Wildman–Crippen LogP) is 4.19. The van der Waals surface area contributed by atoms with Crippen LogP contribution in [0.15, 0.2) is 60.7 Å². The van der Waals surface area contributed by atoms with Crippen LogP contribution in [0.5, 0.6) is 23.0 Å². The molecule has 27 heavy (non-hydrogen) atoms. The van der Waals surface area contributed by atoms with Crippen LogP contribution in [0.1, 0.15) is 0 Å². The van der Waals surface area contributed by atoms with Crippen molar-refractivity contribution in [3.63, 3.8) is 0 Å². The number of benzene rings is 3. The van der Waals surface area contributed by atoms with Crippen LogP contribution in [0.25, 0.3) is 10.8 Å². The number of hydrogen-bond acceptors (Lipinski definition) is 5. The Balaban J connectivity index is 1.54.